The second-order valence-electron chi connectivity index (χ2n) is 8.12. The molecule has 0 bridgehead atoms. The molecule has 38 heavy (non-hydrogen) atoms. The van der Waals surface area contributed by atoms with Crippen LogP contribution < -0.4 is 15.2 Å². The number of hydrogen-bond donors (Lipinski definition) is 2. The van der Waals surface area contributed by atoms with Crippen molar-refractivity contribution >= 4 is 10.8 Å². The average molecular weight is 540 g/mol. The van der Waals surface area contributed by atoms with E-state index in [0.717, 1.165) is 29.8 Å². The topological polar surface area (TPSA) is 112 Å². The molecule has 0 fully saturated rings. The molecule has 0 aliphatic heterocycles. The molecule has 2 heterocycles. The van der Waals surface area contributed by atoms with Gasteiger partial charge >= 0.3 is 11.9 Å². The highest BCUT2D eigenvalue weighted by atomic mass is 19.4. The minimum absolute atomic E-state index is 0.00409. The summed E-state index contributed by atoms with van der Waals surface area (Å²) in [5, 5.41) is 22.7. The number of aliphatic hydroxyl groups is 2. The van der Waals surface area contributed by atoms with Crippen molar-refractivity contribution in [1.29, 1.82) is 0 Å². The van der Waals surface area contributed by atoms with Gasteiger partial charge in [0.05, 0.1) is 17.7 Å². The van der Waals surface area contributed by atoms with Gasteiger partial charge in [-0.1, -0.05) is 0 Å². The number of hydrogen-bond acceptors (Lipinski definition) is 7. The van der Waals surface area contributed by atoms with E-state index in [4.69, 9.17) is 14.6 Å². The highest BCUT2D eigenvalue weighted by Crippen LogP contribution is 2.39. The van der Waals surface area contributed by atoms with Crippen LogP contribution in [-0.4, -0.2) is 41.8 Å². The van der Waals surface area contributed by atoms with E-state index in [1.54, 1.807) is 6.92 Å². The van der Waals surface area contributed by atoms with E-state index in [1.807, 2.05) is 0 Å². The maximum absolute atomic E-state index is 14.5. The second kappa shape index (κ2) is 10.4. The maximum atomic E-state index is 14.5. The van der Waals surface area contributed by atoms with Gasteiger partial charge in [0.15, 0.2) is 23.6 Å². The van der Waals surface area contributed by atoms with Crippen LogP contribution in [0.3, 0.4) is 0 Å². The van der Waals surface area contributed by atoms with Crippen molar-refractivity contribution in [2.45, 2.75) is 45.9 Å². The third-order valence-electron chi connectivity index (χ3n) is 5.62. The van der Waals surface area contributed by atoms with Crippen molar-refractivity contribution in [3.8, 4) is 23.1 Å². The van der Waals surface area contributed by atoms with Gasteiger partial charge in [0, 0.05) is 18.8 Å². The number of halogens is 5. The lowest BCUT2D eigenvalue weighted by molar-refractivity contribution is -0.189. The molecule has 2 N–H and O–H groups in total. The van der Waals surface area contributed by atoms with E-state index < -0.39 is 60.2 Å². The number of pyridine rings is 1. The van der Waals surface area contributed by atoms with Gasteiger partial charge in [-0.2, -0.15) is 17.9 Å². The molecular formula is C24H21F5N4O5. The molecule has 0 saturated carbocycles. The zero-order chi connectivity index (χ0) is 27.8. The van der Waals surface area contributed by atoms with Crippen molar-refractivity contribution in [1.82, 2.24) is 19.3 Å². The van der Waals surface area contributed by atoms with Gasteiger partial charge in [0.2, 0.25) is 11.6 Å². The zero-order valence-electron chi connectivity index (χ0n) is 20.0. The maximum Gasteiger partial charge on any atom is 0.425 e. The first-order valence-electron chi connectivity index (χ1n) is 11.2. The molecular weight excluding hydrogens is 519 g/mol. The summed E-state index contributed by atoms with van der Waals surface area (Å²) in [6, 6.07) is 5.48. The summed E-state index contributed by atoms with van der Waals surface area (Å²) in [7, 11) is 0. The quantitative estimate of drug-likeness (QED) is 0.325. The van der Waals surface area contributed by atoms with Crippen molar-refractivity contribution in [3.05, 3.63) is 70.0 Å². The summed E-state index contributed by atoms with van der Waals surface area (Å²) in [4.78, 5) is 16.8. The summed E-state index contributed by atoms with van der Waals surface area (Å²) in [6.07, 6.45) is -5.93. The highest BCUT2D eigenvalue weighted by Gasteiger charge is 2.38. The normalized spacial score (nSPS) is 12.7. The molecule has 0 aliphatic carbocycles. The zero-order valence-corrected chi connectivity index (χ0v) is 20.0. The third-order valence-corrected chi connectivity index (χ3v) is 5.62. The lowest BCUT2D eigenvalue weighted by atomic mass is 10.1. The Bertz CT molecular complexity index is 1530. The molecule has 1 atom stereocenters. The Morgan fingerprint density at radius 3 is 2.32 bits per heavy atom. The number of benzene rings is 2. The fourth-order valence-corrected chi connectivity index (χ4v) is 3.72. The summed E-state index contributed by atoms with van der Waals surface area (Å²) in [6.45, 7) is 1.37. The third kappa shape index (κ3) is 5.04. The molecule has 4 rings (SSSR count). The van der Waals surface area contributed by atoms with Crippen molar-refractivity contribution in [3.63, 3.8) is 0 Å². The van der Waals surface area contributed by atoms with Crippen LogP contribution in [0.15, 0.2) is 41.3 Å². The SMILES string of the molecule is CCn1c(CO)nn(-c2cc(OC(C)C(F)(F)F)c3c(Oc4c(F)cc(CO)cc4F)nccc3c2)c1=O. The van der Waals surface area contributed by atoms with Crippen LogP contribution >= 0.6 is 0 Å². The first kappa shape index (κ1) is 27.0. The molecule has 2 aromatic carbocycles. The summed E-state index contributed by atoms with van der Waals surface area (Å²) >= 11 is 0. The van der Waals surface area contributed by atoms with Crippen molar-refractivity contribution in [2.75, 3.05) is 0 Å². The summed E-state index contributed by atoms with van der Waals surface area (Å²) < 4.78 is 81.9. The van der Waals surface area contributed by atoms with Gasteiger partial charge in [0.1, 0.15) is 12.4 Å². The first-order valence-corrected chi connectivity index (χ1v) is 11.2. The van der Waals surface area contributed by atoms with E-state index >= 15 is 0 Å². The van der Waals surface area contributed by atoms with E-state index in [0.29, 0.717) is 0 Å². The molecule has 0 radical (unpaired) electrons. The second-order valence-corrected chi connectivity index (χ2v) is 8.12. The number of alkyl halides is 3. The van der Waals surface area contributed by atoms with Gasteiger partial charge in [-0.25, -0.2) is 18.6 Å². The Labute approximate surface area is 211 Å². The minimum atomic E-state index is -4.78. The number of aliphatic hydroxyl groups excluding tert-OH is 2. The van der Waals surface area contributed by atoms with Gasteiger partial charge < -0.3 is 19.7 Å². The smallest absolute Gasteiger partial charge is 0.425 e. The standard InChI is InChI=1S/C24H21F5N4O5/c1-3-32-19(11-35)31-33(23(32)36)15-8-14-4-5-30-22(20(14)18(9-15)37-12(2)24(27,28)29)38-21-16(25)6-13(10-34)7-17(21)26/h4-9,12,34-35H,3,10-11H2,1-2H3. The van der Waals surface area contributed by atoms with E-state index in [-0.39, 0.29) is 34.4 Å². The van der Waals surface area contributed by atoms with Crippen LogP contribution in [0.25, 0.3) is 16.5 Å². The Morgan fingerprint density at radius 1 is 1.08 bits per heavy atom. The van der Waals surface area contributed by atoms with Gasteiger partial charge in [-0.3, -0.25) is 4.57 Å². The van der Waals surface area contributed by atoms with E-state index in [1.165, 1.54) is 22.9 Å². The van der Waals surface area contributed by atoms with Crippen LogP contribution in [-0.2, 0) is 19.8 Å². The molecule has 0 saturated heterocycles. The molecule has 0 amide bonds. The number of rotatable bonds is 8. The first-order chi connectivity index (χ1) is 18.0. The summed E-state index contributed by atoms with van der Waals surface area (Å²) in [5.41, 5.74) is -0.731. The number of ether oxygens (including phenoxy) is 2. The van der Waals surface area contributed by atoms with Gasteiger partial charge in [-0.15, -0.1) is 5.10 Å². The van der Waals surface area contributed by atoms with Crippen molar-refractivity contribution < 1.29 is 41.6 Å². The predicted octanol–water partition coefficient (Wildman–Crippen LogP) is 3.99. The van der Waals surface area contributed by atoms with Crippen LogP contribution in [0.5, 0.6) is 17.4 Å². The lowest BCUT2D eigenvalue weighted by Gasteiger charge is -2.20. The molecule has 0 spiro atoms. The molecule has 1 unspecified atom stereocenters. The monoisotopic (exact) mass is 540 g/mol. The highest BCUT2D eigenvalue weighted by molar-refractivity contribution is 5.94. The van der Waals surface area contributed by atoms with Gasteiger partial charge in [-0.05, 0) is 49.1 Å². The predicted molar refractivity (Wildman–Crippen MR) is 123 cm³/mol. The molecule has 9 nitrogen and oxygen atoms in total. The molecule has 2 aromatic heterocycles. The van der Waals surface area contributed by atoms with Gasteiger partial charge in [0.25, 0.3) is 0 Å². The Morgan fingerprint density at radius 2 is 1.76 bits per heavy atom. The Kier molecular flexibility index (Phi) is 7.37. The number of fused-ring (bicyclic) bond motifs is 1. The van der Waals surface area contributed by atoms with E-state index in [9.17, 15) is 31.9 Å². The molecule has 202 valence electrons. The average Bonchev–Trinajstić information content (AvgIpc) is 3.20. The Balaban J connectivity index is 1.93. The number of aromatic nitrogens is 4. The Hall–Kier alpha value is -4.04. The molecule has 14 heteroatoms. The van der Waals surface area contributed by atoms with Crippen LogP contribution in [0.2, 0.25) is 0 Å². The van der Waals surface area contributed by atoms with Crippen LogP contribution in [0.1, 0.15) is 25.2 Å². The van der Waals surface area contributed by atoms with Crippen molar-refractivity contribution in [2.24, 2.45) is 0 Å². The molecule has 0 aliphatic rings. The minimum Gasteiger partial charge on any atom is -0.480 e. The fraction of sp³-hybridized carbons (Fsp3) is 0.292. The van der Waals surface area contributed by atoms with E-state index in [2.05, 4.69) is 10.1 Å². The van der Waals surface area contributed by atoms with Crippen LogP contribution in [0, 0.1) is 11.6 Å². The molecule has 4 aromatic rings. The fourth-order valence-electron chi connectivity index (χ4n) is 3.72. The van der Waals surface area contributed by atoms with Crippen LogP contribution in [0.4, 0.5) is 22.0 Å². The lowest BCUT2D eigenvalue weighted by Crippen LogP contribution is -2.31. The largest absolute Gasteiger partial charge is 0.480 e. The summed E-state index contributed by atoms with van der Waals surface area (Å²) in [5.74, 6) is -4.16. The number of nitrogens with zero attached hydrogens (tertiary/aromatic N) is 4.